The molecule has 2 amide bonds. The summed E-state index contributed by atoms with van der Waals surface area (Å²) in [4.78, 5) is 27.8. The van der Waals surface area contributed by atoms with E-state index in [9.17, 15) is 9.59 Å². The monoisotopic (exact) mass is 405 g/mol. The van der Waals surface area contributed by atoms with Crippen LogP contribution in [0, 0.1) is 6.92 Å². The molecule has 0 saturated carbocycles. The van der Waals surface area contributed by atoms with Crippen LogP contribution in [0.15, 0.2) is 47.4 Å². The lowest BCUT2D eigenvalue weighted by molar-refractivity contribution is -0.119. The third-order valence-corrected chi connectivity index (χ3v) is 5.80. The summed E-state index contributed by atoms with van der Waals surface area (Å²) in [5.74, 6) is -0.750. The summed E-state index contributed by atoms with van der Waals surface area (Å²) in [6.45, 7) is 5.94. The Morgan fingerprint density at radius 2 is 1.62 bits per heavy atom. The first-order valence-electron chi connectivity index (χ1n) is 8.12. The number of aryl methyl sites for hydroxylation is 1. The number of thioether (sulfide) groups is 1. The molecular formula is C20H17Cl2NO2S. The molecule has 1 aliphatic rings. The SMILES string of the molecule is Cc1ccc(C2=C(SC(C)C)C(=O)N(c3cccc(Cl)c3Cl)C2=O)cc1. The highest BCUT2D eigenvalue weighted by Crippen LogP contribution is 2.42. The Morgan fingerprint density at radius 3 is 2.23 bits per heavy atom. The van der Waals surface area contributed by atoms with Gasteiger partial charge in [0.25, 0.3) is 11.8 Å². The molecular weight excluding hydrogens is 389 g/mol. The second-order valence-corrected chi connectivity index (χ2v) is 8.63. The van der Waals surface area contributed by atoms with Gasteiger partial charge in [-0.1, -0.05) is 72.9 Å². The molecule has 0 N–H and O–H groups in total. The highest BCUT2D eigenvalue weighted by Gasteiger charge is 2.41. The molecule has 0 radical (unpaired) electrons. The minimum absolute atomic E-state index is 0.150. The van der Waals surface area contributed by atoms with Gasteiger partial charge in [0, 0.05) is 5.25 Å². The molecule has 0 aromatic heterocycles. The molecule has 1 heterocycles. The molecule has 0 atom stereocenters. The maximum Gasteiger partial charge on any atom is 0.272 e. The fourth-order valence-electron chi connectivity index (χ4n) is 2.71. The van der Waals surface area contributed by atoms with E-state index in [0.717, 1.165) is 16.0 Å². The Bertz CT molecular complexity index is 920. The van der Waals surface area contributed by atoms with Crippen LogP contribution in [0.1, 0.15) is 25.0 Å². The Labute approximate surface area is 167 Å². The van der Waals surface area contributed by atoms with E-state index in [1.54, 1.807) is 18.2 Å². The smallest absolute Gasteiger partial charge is 0.268 e. The fourth-order valence-corrected chi connectivity index (χ4v) is 4.08. The Morgan fingerprint density at radius 1 is 0.962 bits per heavy atom. The van der Waals surface area contributed by atoms with Gasteiger partial charge in [-0.05, 0) is 24.6 Å². The zero-order chi connectivity index (χ0) is 19.0. The van der Waals surface area contributed by atoms with Crippen molar-refractivity contribution in [2.45, 2.75) is 26.0 Å². The molecule has 2 aromatic carbocycles. The number of hydrogen-bond acceptors (Lipinski definition) is 3. The molecule has 0 fully saturated rings. The van der Waals surface area contributed by atoms with Crippen LogP contribution >= 0.6 is 35.0 Å². The predicted octanol–water partition coefficient (Wildman–Crippen LogP) is 5.73. The summed E-state index contributed by atoms with van der Waals surface area (Å²) in [7, 11) is 0. The van der Waals surface area contributed by atoms with Crippen molar-refractivity contribution in [3.05, 3.63) is 68.5 Å². The topological polar surface area (TPSA) is 37.4 Å². The predicted molar refractivity (Wildman–Crippen MR) is 110 cm³/mol. The normalized spacial score (nSPS) is 14.8. The van der Waals surface area contributed by atoms with Crippen molar-refractivity contribution in [2.24, 2.45) is 0 Å². The van der Waals surface area contributed by atoms with E-state index in [0.29, 0.717) is 21.2 Å². The standard InChI is InChI=1S/C20H17Cl2NO2S/c1-11(2)26-18-16(13-9-7-12(3)8-10-13)19(24)23(20(18)25)15-6-4-5-14(21)17(15)22/h4-11H,1-3H3. The zero-order valence-electron chi connectivity index (χ0n) is 14.5. The van der Waals surface area contributed by atoms with Gasteiger partial charge in [0.2, 0.25) is 0 Å². The van der Waals surface area contributed by atoms with Crippen molar-refractivity contribution in [1.29, 1.82) is 0 Å². The Balaban J connectivity index is 2.14. The van der Waals surface area contributed by atoms with Gasteiger partial charge < -0.3 is 0 Å². The van der Waals surface area contributed by atoms with E-state index in [2.05, 4.69) is 0 Å². The van der Waals surface area contributed by atoms with E-state index in [1.165, 1.54) is 11.8 Å². The maximum atomic E-state index is 13.2. The van der Waals surface area contributed by atoms with Gasteiger partial charge in [-0.15, -0.1) is 11.8 Å². The summed E-state index contributed by atoms with van der Waals surface area (Å²) in [6, 6.07) is 12.5. The second-order valence-electron chi connectivity index (χ2n) is 6.26. The molecule has 0 saturated heterocycles. The minimum atomic E-state index is -0.383. The second kappa shape index (κ2) is 7.47. The summed E-state index contributed by atoms with van der Waals surface area (Å²) in [5.41, 5.74) is 2.51. The van der Waals surface area contributed by atoms with Crippen molar-refractivity contribution in [3.63, 3.8) is 0 Å². The van der Waals surface area contributed by atoms with Crippen molar-refractivity contribution >= 4 is 58.0 Å². The van der Waals surface area contributed by atoms with E-state index in [1.807, 2.05) is 45.0 Å². The van der Waals surface area contributed by atoms with E-state index in [4.69, 9.17) is 23.2 Å². The third kappa shape index (κ3) is 3.41. The number of benzene rings is 2. The molecule has 26 heavy (non-hydrogen) atoms. The van der Waals surface area contributed by atoms with Crippen LogP contribution in [0.25, 0.3) is 5.57 Å². The lowest BCUT2D eigenvalue weighted by Crippen LogP contribution is -2.31. The summed E-state index contributed by atoms with van der Waals surface area (Å²) in [5, 5.41) is 0.638. The molecule has 134 valence electrons. The number of carbonyl (C=O) groups excluding carboxylic acids is 2. The van der Waals surface area contributed by atoms with Crippen molar-refractivity contribution < 1.29 is 9.59 Å². The highest BCUT2D eigenvalue weighted by molar-refractivity contribution is 8.04. The van der Waals surface area contributed by atoms with Gasteiger partial charge >= 0.3 is 0 Å². The van der Waals surface area contributed by atoms with Crippen molar-refractivity contribution in [2.75, 3.05) is 4.90 Å². The number of rotatable bonds is 4. The summed E-state index contributed by atoms with van der Waals surface area (Å²) >= 11 is 13.7. The average Bonchev–Trinajstić information content (AvgIpc) is 2.82. The number of carbonyl (C=O) groups is 2. The lowest BCUT2D eigenvalue weighted by atomic mass is 10.0. The molecule has 1 aliphatic heterocycles. The number of amides is 2. The summed E-state index contributed by atoms with van der Waals surface area (Å²) < 4.78 is 0. The van der Waals surface area contributed by atoms with E-state index in [-0.39, 0.29) is 22.1 Å². The van der Waals surface area contributed by atoms with Gasteiger partial charge in [-0.2, -0.15) is 0 Å². The number of hydrogen-bond donors (Lipinski definition) is 0. The number of imide groups is 1. The lowest BCUT2D eigenvalue weighted by Gasteiger charge is -2.17. The summed E-state index contributed by atoms with van der Waals surface area (Å²) in [6.07, 6.45) is 0. The largest absolute Gasteiger partial charge is 0.272 e. The van der Waals surface area contributed by atoms with Crippen LogP contribution in [0.2, 0.25) is 10.0 Å². The van der Waals surface area contributed by atoms with E-state index < -0.39 is 0 Å². The van der Waals surface area contributed by atoms with Gasteiger partial charge in [-0.25, -0.2) is 4.90 Å². The van der Waals surface area contributed by atoms with Crippen molar-refractivity contribution in [1.82, 2.24) is 0 Å². The van der Waals surface area contributed by atoms with Crippen LogP contribution < -0.4 is 4.90 Å². The van der Waals surface area contributed by atoms with Crippen LogP contribution in [0.3, 0.4) is 0 Å². The molecule has 0 aliphatic carbocycles. The molecule has 0 spiro atoms. The molecule has 0 unspecified atom stereocenters. The van der Waals surface area contributed by atoms with Crippen molar-refractivity contribution in [3.8, 4) is 0 Å². The third-order valence-electron chi connectivity index (χ3n) is 3.91. The van der Waals surface area contributed by atoms with Gasteiger partial charge in [0.05, 0.1) is 26.2 Å². The van der Waals surface area contributed by atoms with Gasteiger partial charge in [-0.3, -0.25) is 9.59 Å². The van der Waals surface area contributed by atoms with Gasteiger partial charge in [0.15, 0.2) is 0 Å². The van der Waals surface area contributed by atoms with Crippen LogP contribution in [0.4, 0.5) is 5.69 Å². The van der Waals surface area contributed by atoms with Crippen LogP contribution in [-0.2, 0) is 9.59 Å². The average molecular weight is 406 g/mol. The van der Waals surface area contributed by atoms with E-state index >= 15 is 0 Å². The first-order valence-corrected chi connectivity index (χ1v) is 9.75. The molecule has 2 aromatic rings. The maximum absolute atomic E-state index is 13.2. The number of anilines is 1. The zero-order valence-corrected chi connectivity index (χ0v) is 16.9. The quantitative estimate of drug-likeness (QED) is 0.609. The fraction of sp³-hybridized carbons (Fsp3) is 0.200. The van der Waals surface area contributed by atoms with Crippen LogP contribution in [0.5, 0.6) is 0 Å². The highest BCUT2D eigenvalue weighted by atomic mass is 35.5. The first-order chi connectivity index (χ1) is 12.3. The van der Waals surface area contributed by atoms with Crippen LogP contribution in [-0.4, -0.2) is 17.1 Å². The number of nitrogens with zero attached hydrogens (tertiary/aromatic N) is 1. The Kier molecular flexibility index (Phi) is 5.47. The minimum Gasteiger partial charge on any atom is -0.268 e. The first kappa shape index (κ1) is 19.0. The molecule has 3 nitrogen and oxygen atoms in total. The molecule has 3 rings (SSSR count). The Hall–Kier alpha value is -1.75. The molecule has 0 bridgehead atoms. The number of halogens is 2. The van der Waals surface area contributed by atoms with Gasteiger partial charge in [0.1, 0.15) is 0 Å². The molecule has 6 heteroatoms.